The number of carbonyl (C=O) groups is 1. The van der Waals surface area contributed by atoms with Gasteiger partial charge in [-0.05, 0) is 66.3 Å². The molecule has 1 heterocycles. The Morgan fingerprint density at radius 3 is 1.83 bits per heavy atom. The molecule has 260 valence electrons. The summed E-state index contributed by atoms with van der Waals surface area (Å²) < 4.78 is 0. The number of Topliss-reactive ketones (excluding diaryl/α,β-unsaturated/α-hetero) is 1. The molecule has 0 atom stereocenters. The highest BCUT2D eigenvalue weighted by Gasteiger charge is 2.22. The zero-order chi connectivity index (χ0) is 34.4. The Hall–Kier alpha value is -3.12. The lowest BCUT2D eigenvalue weighted by Gasteiger charge is -2.22. The fourth-order valence-electron chi connectivity index (χ4n) is 6.37. The molecule has 4 rings (SSSR count). The minimum absolute atomic E-state index is 0.199. The van der Waals surface area contributed by atoms with Crippen molar-refractivity contribution in [2.24, 2.45) is 0 Å². The van der Waals surface area contributed by atoms with Crippen molar-refractivity contribution in [3.05, 3.63) is 71.3 Å². The van der Waals surface area contributed by atoms with Gasteiger partial charge in [0.2, 0.25) is 0 Å². The summed E-state index contributed by atoms with van der Waals surface area (Å²) in [6.45, 7) is 10.6. The first-order valence-electron chi connectivity index (χ1n) is 18.6. The third-order valence-electron chi connectivity index (χ3n) is 9.23. The van der Waals surface area contributed by atoms with Crippen molar-refractivity contribution in [1.29, 1.82) is 0 Å². The van der Waals surface area contributed by atoms with E-state index in [1.165, 1.54) is 89.9 Å². The molecule has 0 spiro atoms. The van der Waals surface area contributed by atoms with Crippen LogP contribution in [0.15, 0.2) is 64.4 Å². The number of phenolic OH excluding ortho intramolecular Hbond substituents is 1. The van der Waals surface area contributed by atoms with E-state index in [9.17, 15) is 9.90 Å². The van der Waals surface area contributed by atoms with E-state index in [-0.39, 0.29) is 11.2 Å². The van der Waals surface area contributed by atoms with Crippen molar-refractivity contribution in [3.8, 4) is 11.4 Å². The maximum atomic E-state index is 12.6. The van der Waals surface area contributed by atoms with Gasteiger partial charge in [-0.15, -0.1) is 15.0 Å². The molecule has 6 heteroatoms. The second-order valence-corrected chi connectivity index (χ2v) is 15.9. The number of phenols is 1. The second kappa shape index (κ2) is 19.2. The van der Waals surface area contributed by atoms with Crippen molar-refractivity contribution >= 4 is 28.6 Å². The SMILES string of the molecule is CCCCCCCCCCCCCCCCCC(=O)Cc1ccc(Sc2ccc3nn(-c4cc(C)cc(C(C)(C)C)c4O)nc3c2)cc1. The van der Waals surface area contributed by atoms with Crippen LogP contribution in [0.1, 0.15) is 147 Å². The Labute approximate surface area is 294 Å². The number of benzene rings is 3. The molecule has 0 aliphatic carbocycles. The smallest absolute Gasteiger partial charge is 0.146 e. The summed E-state index contributed by atoms with van der Waals surface area (Å²) >= 11 is 1.67. The third kappa shape index (κ3) is 12.1. The lowest BCUT2D eigenvalue weighted by atomic mass is 9.85. The summed E-state index contributed by atoms with van der Waals surface area (Å²) in [6, 6.07) is 18.4. The van der Waals surface area contributed by atoms with Crippen LogP contribution in [0.5, 0.6) is 5.75 Å². The average molecular weight is 670 g/mol. The molecular weight excluding hydrogens is 611 g/mol. The molecule has 0 unspecified atom stereocenters. The van der Waals surface area contributed by atoms with Gasteiger partial charge in [0.15, 0.2) is 0 Å². The molecular formula is C42H59N3O2S. The van der Waals surface area contributed by atoms with Crippen LogP contribution >= 0.6 is 11.8 Å². The average Bonchev–Trinajstić information content (AvgIpc) is 3.47. The highest BCUT2D eigenvalue weighted by Crippen LogP contribution is 2.36. The fourth-order valence-corrected chi connectivity index (χ4v) is 7.22. The van der Waals surface area contributed by atoms with E-state index in [0.29, 0.717) is 24.3 Å². The Kier molecular flexibility index (Phi) is 15.1. The predicted molar refractivity (Wildman–Crippen MR) is 203 cm³/mol. The summed E-state index contributed by atoms with van der Waals surface area (Å²) in [5, 5.41) is 20.4. The highest BCUT2D eigenvalue weighted by molar-refractivity contribution is 7.99. The van der Waals surface area contributed by atoms with Crippen LogP contribution < -0.4 is 0 Å². The van der Waals surface area contributed by atoms with Crippen molar-refractivity contribution in [2.75, 3.05) is 0 Å². The first-order chi connectivity index (χ1) is 23.1. The zero-order valence-corrected chi connectivity index (χ0v) is 31.1. The van der Waals surface area contributed by atoms with Gasteiger partial charge in [-0.3, -0.25) is 4.79 Å². The Balaban J connectivity index is 1.15. The molecule has 0 aliphatic rings. The molecule has 0 fully saturated rings. The summed E-state index contributed by atoms with van der Waals surface area (Å²) in [7, 11) is 0. The van der Waals surface area contributed by atoms with Gasteiger partial charge in [-0.2, -0.15) is 0 Å². The fraction of sp³-hybridized carbons (Fsp3) is 0.548. The number of rotatable bonds is 21. The molecule has 0 saturated heterocycles. The van der Waals surface area contributed by atoms with Gasteiger partial charge in [0.25, 0.3) is 0 Å². The number of ketones is 1. The number of carbonyl (C=O) groups excluding carboxylic acids is 1. The van der Waals surface area contributed by atoms with E-state index in [0.717, 1.165) is 43.9 Å². The van der Waals surface area contributed by atoms with E-state index in [1.807, 2.05) is 31.2 Å². The number of unbranched alkanes of at least 4 members (excludes halogenated alkanes) is 14. The van der Waals surface area contributed by atoms with E-state index in [2.05, 4.69) is 63.1 Å². The third-order valence-corrected chi connectivity index (χ3v) is 10.2. The topological polar surface area (TPSA) is 68.0 Å². The minimum atomic E-state index is -0.199. The van der Waals surface area contributed by atoms with Gasteiger partial charge >= 0.3 is 0 Å². The van der Waals surface area contributed by atoms with Gasteiger partial charge in [-0.1, -0.05) is 148 Å². The van der Waals surface area contributed by atoms with Gasteiger partial charge in [-0.25, -0.2) is 0 Å². The molecule has 48 heavy (non-hydrogen) atoms. The molecule has 0 saturated carbocycles. The van der Waals surface area contributed by atoms with Crippen LogP contribution in [0.3, 0.4) is 0 Å². The van der Waals surface area contributed by atoms with E-state index in [4.69, 9.17) is 5.10 Å². The number of aromatic hydroxyl groups is 1. The normalized spacial score (nSPS) is 11.9. The standard InChI is InChI=1S/C42H59N3O2S/c1-6-7-8-9-10-11-12-13-14-15-16-17-18-19-20-21-34(46)30-33-22-24-35(25-23-33)48-36-26-27-38-39(31-36)44-45(43-38)40-29-32(2)28-37(41(40)47)42(3,4)5/h22-29,31,47H,6-21,30H2,1-5H3. The molecule has 1 N–H and O–H groups in total. The van der Waals surface area contributed by atoms with Crippen LogP contribution in [-0.2, 0) is 16.6 Å². The Morgan fingerprint density at radius 1 is 0.708 bits per heavy atom. The van der Waals surface area contributed by atoms with Gasteiger partial charge in [0, 0.05) is 28.2 Å². The minimum Gasteiger partial charge on any atom is -0.505 e. The second-order valence-electron chi connectivity index (χ2n) is 14.7. The van der Waals surface area contributed by atoms with Gasteiger partial charge < -0.3 is 5.11 Å². The number of fused-ring (bicyclic) bond motifs is 1. The molecule has 0 bridgehead atoms. The predicted octanol–water partition coefficient (Wildman–Crippen LogP) is 12.3. The molecule has 3 aromatic carbocycles. The summed E-state index contributed by atoms with van der Waals surface area (Å²) in [4.78, 5) is 16.3. The van der Waals surface area contributed by atoms with Crippen molar-refractivity contribution in [1.82, 2.24) is 15.0 Å². The van der Waals surface area contributed by atoms with E-state index >= 15 is 0 Å². The number of hydrogen-bond acceptors (Lipinski definition) is 5. The van der Waals surface area contributed by atoms with Crippen LogP contribution in [0.4, 0.5) is 0 Å². The molecule has 0 amide bonds. The largest absolute Gasteiger partial charge is 0.505 e. The maximum absolute atomic E-state index is 12.6. The van der Waals surface area contributed by atoms with Crippen molar-refractivity contribution in [2.45, 2.75) is 159 Å². The molecule has 1 aromatic heterocycles. The lowest BCUT2D eigenvalue weighted by molar-refractivity contribution is -0.118. The van der Waals surface area contributed by atoms with E-state index < -0.39 is 0 Å². The number of nitrogens with zero attached hydrogens (tertiary/aromatic N) is 3. The van der Waals surface area contributed by atoms with Crippen LogP contribution in [0.2, 0.25) is 0 Å². The zero-order valence-electron chi connectivity index (χ0n) is 30.3. The first kappa shape index (κ1) is 37.7. The monoisotopic (exact) mass is 669 g/mol. The number of aryl methyl sites for hydroxylation is 1. The molecule has 4 aromatic rings. The number of hydrogen-bond donors (Lipinski definition) is 1. The summed E-state index contributed by atoms with van der Waals surface area (Å²) in [6.07, 6.45) is 21.3. The van der Waals surface area contributed by atoms with Crippen LogP contribution in [0.25, 0.3) is 16.7 Å². The van der Waals surface area contributed by atoms with Gasteiger partial charge in [0.05, 0.1) is 0 Å². The Morgan fingerprint density at radius 2 is 1.25 bits per heavy atom. The van der Waals surface area contributed by atoms with E-state index in [1.54, 1.807) is 16.6 Å². The van der Waals surface area contributed by atoms with Gasteiger partial charge in [0.1, 0.15) is 28.3 Å². The van der Waals surface area contributed by atoms with Crippen molar-refractivity contribution < 1.29 is 9.90 Å². The van der Waals surface area contributed by atoms with Crippen LogP contribution in [-0.4, -0.2) is 25.9 Å². The molecule has 0 aliphatic heterocycles. The lowest BCUT2D eigenvalue weighted by Crippen LogP contribution is -2.13. The Bertz CT molecular complexity index is 1570. The molecule has 5 nitrogen and oxygen atoms in total. The summed E-state index contributed by atoms with van der Waals surface area (Å²) in [5.74, 6) is 0.560. The quantitative estimate of drug-likeness (QED) is 0.0894. The highest BCUT2D eigenvalue weighted by atomic mass is 32.2. The van der Waals surface area contributed by atoms with Crippen LogP contribution in [0, 0.1) is 6.92 Å². The van der Waals surface area contributed by atoms with Crippen molar-refractivity contribution in [3.63, 3.8) is 0 Å². The first-order valence-corrected chi connectivity index (χ1v) is 19.5. The summed E-state index contributed by atoms with van der Waals surface area (Å²) in [5.41, 5.74) is 4.96. The number of aromatic nitrogens is 3. The maximum Gasteiger partial charge on any atom is 0.146 e. The molecule has 0 radical (unpaired) electrons.